The number of esters is 1. The van der Waals surface area contributed by atoms with Crippen molar-refractivity contribution in [1.29, 1.82) is 0 Å². The van der Waals surface area contributed by atoms with Crippen molar-refractivity contribution < 1.29 is 14.3 Å². The van der Waals surface area contributed by atoms with Crippen LogP contribution in [0.5, 0.6) is 0 Å². The predicted octanol–water partition coefficient (Wildman–Crippen LogP) is 0.568. The lowest BCUT2D eigenvalue weighted by molar-refractivity contribution is -0.142. The van der Waals surface area contributed by atoms with Crippen LogP contribution in [0.15, 0.2) is 0 Å². The first kappa shape index (κ1) is 12.6. The Bertz CT molecular complexity index is 204. The van der Waals surface area contributed by atoms with Crippen LogP contribution < -0.4 is 11.1 Å². The quantitative estimate of drug-likeness (QED) is 0.567. The average Bonchev–Trinajstić information content (AvgIpc) is 1.95. The SMILES string of the molecule is NC(=O)NCC(=O)OCC(Cl)(Cl)Cl. The predicted molar refractivity (Wildman–Crippen MR) is 48.8 cm³/mol. The lowest BCUT2D eigenvalue weighted by atomic mass is 10.6. The minimum Gasteiger partial charge on any atom is -0.460 e. The molecule has 0 aromatic heterocycles. The lowest BCUT2D eigenvalue weighted by Gasteiger charge is -2.10. The minimum absolute atomic E-state index is 0.351. The number of ether oxygens (including phenoxy) is 1. The van der Waals surface area contributed by atoms with Crippen molar-refractivity contribution in [3.63, 3.8) is 0 Å². The Morgan fingerprint density at radius 2 is 1.92 bits per heavy atom. The number of hydrogen-bond acceptors (Lipinski definition) is 3. The van der Waals surface area contributed by atoms with E-state index < -0.39 is 15.8 Å². The Balaban J connectivity index is 3.58. The molecule has 0 aliphatic rings. The molecule has 5 nitrogen and oxygen atoms in total. The fourth-order valence-corrected chi connectivity index (χ4v) is 0.536. The van der Waals surface area contributed by atoms with Crippen molar-refractivity contribution in [3.05, 3.63) is 0 Å². The highest BCUT2D eigenvalue weighted by atomic mass is 35.6. The first-order valence-corrected chi connectivity index (χ1v) is 4.20. The third kappa shape index (κ3) is 9.52. The highest BCUT2D eigenvalue weighted by molar-refractivity contribution is 6.67. The molecule has 0 aliphatic heterocycles. The molecule has 0 spiro atoms. The van der Waals surface area contributed by atoms with Crippen LogP contribution in [0.4, 0.5) is 4.79 Å². The van der Waals surface area contributed by atoms with Crippen LogP contribution in [-0.2, 0) is 9.53 Å². The van der Waals surface area contributed by atoms with E-state index in [1.165, 1.54) is 0 Å². The Morgan fingerprint density at radius 1 is 1.38 bits per heavy atom. The smallest absolute Gasteiger partial charge is 0.325 e. The molecule has 3 N–H and O–H groups in total. The second-order valence-electron chi connectivity index (χ2n) is 1.99. The summed E-state index contributed by atoms with van der Waals surface area (Å²) in [6.07, 6.45) is 0. The number of primary amides is 1. The summed E-state index contributed by atoms with van der Waals surface area (Å²) in [6, 6.07) is -0.828. The Morgan fingerprint density at radius 3 is 2.31 bits per heavy atom. The van der Waals surface area contributed by atoms with Crippen LogP contribution in [0.25, 0.3) is 0 Å². The number of hydrogen-bond donors (Lipinski definition) is 2. The van der Waals surface area contributed by atoms with Crippen molar-refractivity contribution in [2.24, 2.45) is 5.73 Å². The van der Waals surface area contributed by atoms with E-state index in [1.54, 1.807) is 0 Å². The molecular weight excluding hydrogens is 242 g/mol. The monoisotopic (exact) mass is 248 g/mol. The van der Waals surface area contributed by atoms with Gasteiger partial charge >= 0.3 is 12.0 Å². The maximum absolute atomic E-state index is 10.7. The Kier molecular flexibility index (Phi) is 5.20. The third-order valence-corrected chi connectivity index (χ3v) is 1.13. The van der Waals surface area contributed by atoms with Crippen molar-refractivity contribution in [2.45, 2.75) is 3.79 Å². The third-order valence-electron chi connectivity index (χ3n) is 0.804. The Hall–Kier alpha value is -0.390. The summed E-state index contributed by atoms with van der Waals surface area (Å²) in [5, 5.41) is 2.02. The summed E-state index contributed by atoms with van der Waals surface area (Å²) in [7, 11) is 0. The summed E-state index contributed by atoms with van der Waals surface area (Å²) in [5.74, 6) is -0.731. The molecule has 0 radical (unpaired) electrons. The summed E-state index contributed by atoms with van der Waals surface area (Å²) in [6.45, 7) is -0.729. The van der Waals surface area contributed by atoms with E-state index in [4.69, 9.17) is 34.8 Å². The highest BCUT2D eigenvalue weighted by Crippen LogP contribution is 2.25. The number of halogens is 3. The zero-order valence-corrected chi connectivity index (χ0v) is 8.62. The number of alkyl halides is 3. The number of carbonyl (C=O) groups excluding carboxylic acids is 2. The van der Waals surface area contributed by atoms with E-state index in [-0.39, 0.29) is 13.2 Å². The maximum atomic E-state index is 10.7. The number of carbonyl (C=O) groups is 2. The van der Waals surface area contributed by atoms with Gasteiger partial charge in [-0.2, -0.15) is 0 Å². The first-order chi connectivity index (χ1) is 5.81. The number of nitrogens with one attached hydrogen (secondary N) is 1. The summed E-state index contributed by atoms with van der Waals surface area (Å²) in [5.41, 5.74) is 4.69. The van der Waals surface area contributed by atoms with Gasteiger partial charge in [0.05, 0.1) is 0 Å². The van der Waals surface area contributed by atoms with Crippen LogP contribution in [0, 0.1) is 0 Å². The molecule has 13 heavy (non-hydrogen) atoms. The van der Waals surface area contributed by atoms with Crippen LogP contribution in [0.3, 0.4) is 0 Å². The van der Waals surface area contributed by atoms with Gasteiger partial charge in [-0.15, -0.1) is 0 Å². The number of nitrogens with two attached hydrogens (primary N) is 1. The normalized spacial score (nSPS) is 10.7. The minimum atomic E-state index is -1.65. The van der Waals surface area contributed by atoms with E-state index in [2.05, 4.69) is 10.5 Å². The molecule has 0 unspecified atom stereocenters. The molecule has 0 aromatic carbocycles. The van der Waals surface area contributed by atoms with Gasteiger partial charge in [0.25, 0.3) is 0 Å². The van der Waals surface area contributed by atoms with Crippen molar-refractivity contribution in [1.82, 2.24) is 5.32 Å². The van der Waals surface area contributed by atoms with E-state index in [0.29, 0.717) is 0 Å². The van der Waals surface area contributed by atoms with Crippen LogP contribution in [0.2, 0.25) is 0 Å². The molecule has 76 valence electrons. The van der Waals surface area contributed by atoms with Crippen LogP contribution in [-0.4, -0.2) is 28.9 Å². The molecule has 0 bridgehead atoms. The van der Waals surface area contributed by atoms with Gasteiger partial charge in [0.2, 0.25) is 3.79 Å². The summed E-state index contributed by atoms with van der Waals surface area (Å²) in [4.78, 5) is 20.9. The van der Waals surface area contributed by atoms with E-state index in [9.17, 15) is 9.59 Å². The molecular formula is C5H7Cl3N2O3. The molecule has 0 heterocycles. The fraction of sp³-hybridized carbons (Fsp3) is 0.600. The Labute approximate surface area is 89.4 Å². The van der Waals surface area contributed by atoms with Gasteiger partial charge in [0, 0.05) is 0 Å². The standard InChI is InChI=1S/C5H7Cl3N2O3/c6-5(7,8)2-13-3(11)1-10-4(9)12/h1-2H2,(H3,9,10,12). The molecule has 2 amide bonds. The van der Waals surface area contributed by atoms with Crippen LogP contribution in [0.1, 0.15) is 0 Å². The van der Waals surface area contributed by atoms with E-state index >= 15 is 0 Å². The van der Waals surface area contributed by atoms with Gasteiger partial charge in [-0.05, 0) is 0 Å². The topological polar surface area (TPSA) is 81.4 Å². The van der Waals surface area contributed by atoms with Gasteiger partial charge in [0.1, 0.15) is 13.2 Å². The number of amides is 2. The van der Waals surface area contributed by atoms with Gasteiger partial charge in [0.15, 0.2) is 0 Å². The van der Waals surface area contributed by atoms with E-state index in [0.717, 1.165) is 0 Å². The largest absolute Gasteiger partial charge is 0.460 e. The zero-order chi connectivity index (χ0) is 10.5. The molecule has 0 aromatic rings. The second kappa shape index (κ2) is 5.36. The van der Waals surface area contributed by atoms with Gasteiger partial charge < -0.3 is 15.8 Å². The van der Waals surface area contributed by atoms with E-state index in [1.807, 2.05) is 5.32 Å². The van der Waals surface area contributed by atoms with Crippen molar-refractivity contribution in [2.75, 3.05) is 13.2 Å². The molecule has 0 aliphatic carbocycles. The molecule has 0 rings (SSSR count). The van der Waals surface area contributed by atoms with Gasteiger partial charge in [-0.3, -0.25) is 4.79 Å². The van der Waals surface area contributed by atoms with Gasteiger partial charge in [-0.1, -0.05) is 34.8 Å². The molecule has 0 fully saturated rings. The summed E-state index contributed by atoms with van der Waals surface area (Å²) >= 11 is 15.8. The molecule has 0 saturated carbocycles. The maximum Gasteiger partial charge on any atom is 0.325 e. The van der Waals surface area contributed by atoms with Gasteiger partial charge in [-0.25, -0.2) is 4.79 Å². The van der Waals surface area contributed by atoms with Crippen LogP contribution >= 0.6 is 34.8 Å². The zero-order valence-electron chi connectivity index (χ0n) is 6.35. The number of rotatable bonds is 3. The second-order valence-corrected chi connectivity index (χ2v) is 4.51. The number of urea groups is 1. The average molecular weight is 249 g/mol. The van der Waals surface area contributed by atoms with Crippen molar-refractivity contribution in [3.8, 4) is 0 Å². The lowest BCUT2D eigenvalue weighted by Crippen LogP contribution is -2.35. The van der Waals surface area contributed by atoms with Crippen molar-refractivity contribution >= 4 is 46.8 Å². The highest BCUT2D eigenvalue weighted by Gasteiger charge is 2.21. The molecule has 8 heteroatoms. The fourth-order valence-electron chi connectivity index (χ4n) is 0.373. The molecule has 0 saturated heterocycles. The first-order valence-electron chi connectivity index (χ1n) is 3.07. The molecule has 0 atom stereocenters. The summed E-state index contributed by atoms with van der Waals surface area (Å²) < 4.78 is 2.80.